The highest BCUT2D eigenvalue weighted by Gasteiger charge is 2.29. The molecule has 0 bridgehead atoms. The van der Waals surface area contributed by atoms with Crippen LogP contribution in [0.5, 0.6) is 0 Å². The van der Waals surface area contributed by atoms with Crippen LogP contribution >= 0.6 is 11.3 Å². The lowest BCUT2D eigenvalue weighted by atomic mass is 9.78. The van der Waals surface area contributed by atoms with E-state index in [0.29, 0.717) is 17.8 Å². The molecule has 2 aromatic heterocycles. The first-order valence-corrected chi connectivity index (χ1v) is 15.3. The fraction of sp³-hybridized carbons (Fsp3) is 0.158. The van der Waals surface area contributed by atoms with E-state index in [4.69, 9.17) is 9.97 Å². The van der Waals surface area contributed by atoms with Gasteiger partial charge in [-0.05, 0) is 45.4 Å². The van der Waals surface area contributed by atoms with Crippen LogP contribution in [0.25, 0.3) is 71.1 Å². The maximum atomic E-state index is 5.24. The van der Waals surface area contributed by atoms with Gasteiger partial charge in [0.1, 0.15) is 0 Å². The maximum absolute atomic E-state index is 5.24. The second-order valence-electron chi connectivity index (χ2n) is 11.7. The Hall–Kier alpha value is -4.34. The van der Waals surface area contributed by atoms with Gasteiger partial charge in [0.2, 0.25) is 0 Å². The molecule has 5 aromatic carbocycles. The van der Waals surface area contributed by atoms with Crippen molar-refractivity contribution in [3.05, 3.63) is 114 Å². The highest BCUT2D eigenvalue weighted by atomic mass is 32.1. The van der Waals surface area contributed by atoms with Crippen LogP contribution < -0.4 is 0 Å². The first-order chi connectivity index (χ1) is 20.1. The van der Waals surface area contributed by atoms with Crippen molar-refractivity contribution in [1.29, 1.82) is 0 Å². The Bertz CT molecular complexity index is 2130. The van der Waals surface area contributed by atoms with Crippen molar-refractivity contribution in [2.24, 2.45) is 11.8 Å². The molecule has 0 N–H and O–H groups in total. The summed E-state index contributed by atoms with van der Waals surface area (Å²) < 4.78 is 1.38. The van der Waals surface area contributed by atoms with E-state index in [1.165, 1.54) is 42.4 Å². The second kappa shape index (κ2) is 9.36. The van der Waals surface area contributed by atoms with Gasteiger partial charge >= 0.3 is 0 Å². The van der Waals surface area contributed by atoms with Gasteiger partial charge in [-0.3, -0.25) is 4.98 Å². The molecule has 0 radical (unpaired) electrons. The minimum Gasteiger partial charge on any atom is -0.252 e. The molecule has 2 unspecified atom stereocenters. The van der Waals surface area contributed by atoms with E-state index in [1.54, 1.807) is 0 Å². The van der Waals surface area contributed by atoms with Crippen molar-refractivity contribution in [1.82, 2.24) is 9.97 Å². The molecule has 8 rings (SSSR count). The van der Waals surface area contributed by atoms with Gasteiger partial charge in [-0.15, -0.1) is 11.3 Å². The molecule has 0 aliphatic heterocycles. The summed E-state index contributed by atoms with van der Waals surface area (Å²) >= 11 is 1.99. The molecule has 3 heteroatoms. The predicted octanol–water partition coefficient (Wildman–Crippen LogP) is 10.9. The standard InChI is InChI=1S/C38H30N2S/c1-22(2)34-23(3)18-19-32-31-17-9-16-26(37(31)41-38(32)34)24-10-8-11-25(20-24)33-21-39-35-29-14-6-4-12-27(29)28-13-5-7-15-30(28)36(35)40-33/h4-23,34H,1-3H3. The Morgan fingerprint density at radius 3 is 2.12 bits per heavy atom. The minimum atomic E-state index is 0.557. The molecule has 0 amide bonds. The largest absolute Gasteiger partial charge is 0.252 e. The smallest absolute Gasteiger partial charge is 0.0979 e. The third-order valence-electron chi connectivity index (χ3n) is 8.83. The highest BCUT2D eigenvalue weighted by Crippen LogP contribution is 2.49. The van der Waals surface area contributed by atoms with E-state index in [1.807, 2.05) is 17.5 Å². The minimum absolute atomic E-state index is 0.557. The van der Waals surface area contributed by atoms with Gasteiger partial charge in [0.05, 0.1) is 22.9 Å². The lowest BCUT2D eigenvalue weighted by Crippen LogP contribution is -2.16. The van der Waals surface area contributed by atoms with Crippen molar-refractivity contribution in [3.8, 4) is 22.4 Å². The second-order valence-corrected chi connectivity index (χ2v) is 12.7. The van der Waals surface area contributed by atoms with Crippen molar-refractivity contribution < 1.29 is 0 Å². The summed E-state index contributed by atoms with van der Waals surface area (Å²) in [5, 5.41) is 6.08. The van der Waals surface area contributed by atoms with Crippen LogP contribution in [0, 0.1) is 11.8 Å². The van der Waals surface area contributed by atoms with Gasteiger partial charge in [0, 0.05) is 37.2 Å². The average Bonchev–Trinajstić information content (AvgIpc) is 3.39. The summed E-state index contributed by atoms with van der Waals surface area (Å²) in [5.74, 6) is 1.72. The first-order valence-electron chi connectivity index (χ1n) is 14.5. The van der Waals surface area contributed by atoms with E-state index in [0.717, 1.165) is 33.1 Å². The number of rotatable bonds is 3. The van der Waals surface area contributed by atoms with E-state index in [2.05, 4.69) is 124 Å². The van der Waals surface area contributed by atoms with Gasteiger partial charge in [-0.25, -0.2) is 4.98 Å². The lowest BCUT2D eigenvalue weighted by Gasteiger charge is -2.28. The van der Waals surface area contributed by atoms with Crippen LogP contribution in [0.15, 0.2) is 103 Å². The molecule has 0 saturated carbocycles. The van der Waals surface area contributed by atoms with Gasteiger partial charge < -0.3 is 0 Å². The zero-order valence-corrected chi connectivity index (χ0v) is 24.2. The van der Waals surface area contributed by atoms with Crippen LogP contribution in [0.4, 0.5) is 0 Å². The van der Waals surface area contributed by atoms with Crippen LogP contribution in [-0.4, -0.2) is 9.97 Å². The number of hydrogen-bond acceptors (Lipinski definition) is 3. The van der Waals surface area contributed by atoms with E-state index < -0.39 is 0 Å². The Labute approximate surface area is 244 Å². The molecule has 198 valence electrons. The fourth-order valence-corrected chi connectivity index (χ4v) is 8.64. The molecule has 1 aliphatic rings. The summed E-state index contributed by atoms with van der Waals surface area (Å²) in [5.41, 5.74) is 7.81. The summed E-state index contributed by atoms with van der Waals surface area (Å²) in [6.07, 6.45) is 6.70. The predicted molar refractivity (Wildman–Crippen MR) is 177 cm³/mol. The Morgan fingerprint density at radius 1 is 0.707 bits per heavy atom. The number of fused-ring (bicyclic) bond motifs is 9. The molecule has 7 aromatic rings. The van der Waals surface area contributed by atoms with Crippen LogP contribution in [-0.2, 0) is 0 Å². The number of allylic oxidation sites excluding steroid dienone is 1. The number of nitrogens with zero attached hydrogens (tertiary/aromatic N) is 2. The Kier molecular flexibility index (Phi) is 5.58. The van der Waals surface area contributed by atoms with E-state index in [9.17, 15) is 0 Å². The van der Waals surface area contributed by atoms with Crippen LogP contribution in [0.1, 0.15) is 37.1 Å². The summed E-state index contributed by atoms with van der Waals surface area (Å²) in [7, 11) is 0. The van der Waals surface area contributed by atoms with Crippen molar-refractivity contribution in [3.63, 3.8) is 0 Å². The zero-order valence-electron chi connectivity index (χ0n) is 23.4. The maximum Gasteiger partial charge on any atom is 0.0979 e. The number of aromatic nitrogens is 2. The Morgan fingerprint density at radius 2 is 1.37 bits per heavy atom. The SMILES string of the molecule is CC(C)C1c2sc3c(-c4cccc(-c5cnc6c7ccccc7c7ccccc7c6n5)c4)cccc3c2C=CC1C. The molecule has 2 atom stereocenters. The van der Waals surface area contributed by atoms with Gasteiger partial charge in [-0.2, -0.15) is 0 Å². The molecule has 2 heterocycles. The van der Waals surface area contributed by atoms with Crippen molar-refractivity contribution in [2.45, 2.75) is 26.7 Å². The Balaban J connectivity index is 1.30. The highest BCUT2D eigenvalue weighted by molar-refractivity contribution is 7.20. The molecule has 2 nitrogen and oxygen atoms in total. The molecule has 41 heavy (non-hydrogen) atoms. The quantitative estimate of drug-likeness (QED) is 0.206. The topological polar surface area (TPSA) is 25.8 Å². The lowest BCUT2D eigenvalue weighted by molar-refractivity contribution is 0.420. The number of benzene rings is 5. The fourth-order valence-electron chi connectivity index (χ4n) is 6.93. The summed E-state index contributed by atoms with van der Waals surface area (Å²) in [6, 6.07) is 32.6. The van der Waals surface area contributed by atoms with Crippen molar-refractivity contribution >= 4 is 60.1 Å². The molecule has 1 aliphatic carbocycles. The third kappa shape index (κ3) is 3.76. The average molecular weight is 547 g/mol. The molecule has 0 fully saturated rings. The van der Waals surface area contributed by atoms with E-state index in [-0.39, 0.29) is 0 Å². The van der Waals surface area contributed by atoms with E-state index >= 15 is 0 Å². The third-order valence-corrected chi connectivity index (χ3v) is 10.2. The zero-order chi connectivity index (χ0) is 27.7. The van der Waals surface area contributed by atoms with Gasteiger partial charge in [0.25, 0.3) is 0 Å². The molecule has 0 spiro atoms. The summed E-state index contributed by atoms with van der Waals surface area (Å²) in [6.45, 7) is 7.07. The number of thiophene rings is 1. The van der Waals surface area contributed by atoms with Gasteiger partial charge in [-0.1, -0.05) is 118 Å². The molecule has 0 saturated heterocycles. The van der Waals surface area contributed by atoms with Crippen molar-refractivity contribution in [2.75, 3.05) is 0 Å². The number of hydrogen-bond donors (Lipinski definition) is 0. The molecular formula is C38H30N2S. The van der Waals surface area contributed by atoms with Crippen LogP contribution in [0.3, 0.4) is 0 Å². The molecular weight excluding hydrogens is 516 g/mol. The first kappa shape index (κ1) is 24.5. The van der Waals surface area contributed by atoms with Gasteiger partial charge in [0.15, 0.2) is 0 Å². The normalized spacial score (nSPS) is 16.8. The summed E-state index contributed by atoms with van der Waals surface area (Å²) in [4.78, 5) is 11.8. The monoisotopic (exact) mass is 546 g/mol. The van der Waals surface area contributed by atoms with Crippen LogP contribution in [0.2, 0.25) is 0 Å².